The van der Waals surface area contributed by atoms with Crippen molar-refractivity contribution in [3.8, 4) is 11.5 Å². The Morgan fingerprint density at radius 3 is 2.35 bits per heavy atom. The van der Waals surface area contributed by atoms with Crippen molar-refractivity contribution < 1.29 is 9.47 Å². The lowest BCUT2D eigenvalue weighted by Gasteiger charge is -2.11. The molecule has 0 saturated carbocycles. The fourth-order valence-corrected chi connectivity index (χ4v) is 1.56. The van der Waals surface area contributed by atoms with E-state index >= 15 is 0 Å². The predicted octanol–water partition coefficient (Wildman–Crippen LogP) is 4.30. The third-order valence-electron chi connectivity index (χ3n) is 2.33. The van der Waals surface area contributed by atoms with Crippen molar-refractivity contribution in [1.82, 2.24) is 0 Å². The summed E-state index contributed by atoms with van der Waals surface area (Å²) in [5.74, 6) is 1.65. The van der Waals surface area contributed by atoms with Crippen LogP contribution in [0.5, 0.6) is 11.5 Å². The maximum absolute atomic E-state index is 5.58. The van der Waals surface area contributed by atoms with Crippen molar-refractivity contribution in [3.05, 3.63) is 29.8 Å². The molecule has 0 N–H and O–H groups in total. The second-order valence-electron chi connectivity index (χ2n) is 3.76. The topological polar surface area (TPSA) is 18.5 Å². The third kappa shape index (κ3) is 4.51. The standard InChI is InChI=1S/C15H22O2/c1-4-7-8-9-13-10-11-14(16-5-2)15(12-13)17-6-3/h8-12H,4-7H2,1-3H3/b9-8+. The minimum Gasteiger partial charge on any atom is -0.490 e. The van der Waals surface area contributed by atoms with Crippen molar-refractivity contribution >= 4 is 6.08 Å². The van der Waals surface area contributed by atoms with E-state index in [2.05, 4.69) is 25.1 Å². The summed E-state index contributed by atoms with van der Waals surface area (Å²) < 4.78 is 11.1. The molecule has 0 aliphatic heterocycles. The lowest BCUT2D eigenvalue weighted by atomic mass is 10.1. The molecule has 1 rings (SSSR count). The first-order valence-corrected chi connectivity index (χ1v) is 6.38. The van der Waals surface area contributed by atoms with Gasteiger partial charge in [-0.2, -0.15) is 0 Å². The van der Waals surface area contributed by atoms with Crippen LogP contribution in [0.25, 0.3) is 6.08 Å². The molecule has 0 aliphatic carbocycles. The molecule has 0 saturated heterocycles. The van der Waals surface area contributed by atoms with Crippen LogP contribution >= 0.6 is 0 Å². The van der Waals surface area contributed by atoms with E-state index in [1.807, 2.05) is 26.0 Å². The van der Waals surface area contributed by atoms with E-state index in [9.17, 15) is 0 Å². The van der Waals surface area contributed by atoms with Crippen molar-refractivity contribution in [2.24, 2.45) is 0 Å². The van der Waals surface area contributed by atoms with Gasteiger partial charge in [0.1, 0.15) is 0 Å². The number of hydrogen-bond donors (Lipinski definition) is 0. The average Bonchev–Trinajstić information content (AvgIpc) is 2.33. The summed E-state index contributed by atoms with van der Waals surface area (Å²) in [6, 6.07) is 6.06. The first-order valence-electron chi connectivity index (χ1n) is 6.38. The summed E-state index contributed by atoms with van der Waals surface area (Å²) in [5, 5.41) is 0. The quantitative estimate of drug-likeness (QED) is 0.700. The number of allylic oxidation sites excluding steroid dienone is 1. The molecular weight excluding hydrogens is 212 g/mol. The van der Waals surface area contributed by atoms with Gasteiger partial charge in [-0.1, -0.05) is 31.6 Å². The van der Waals surface area contributed by atoms with Gasteiger partial charge in [-0.05, 0) is 38.0 Å². The summed E-state index contributed by atoms with van der Waals surface area (Å²) in [6.07, 6.45) is 6.59. The number of ether oxygens (including phenoxy) is 2. The van der Waals surface area contributed by atoms with Crippen LogP contribution in [-0.4, -0.2) is 13.2 Å². The lowest BCUT2D eigenvalue weighted by molar-refractivity contribution is 0.287. The Labute approximate surface area is 104 Å². The maximum atomic E-state index is 5.58. The van der Waals surface area contributed by atoms with Gasteiger partial charge in [-0.3, -0.25) is 0 Å². The van der Waals surface area contributed by atoms with E-state index in [-0.39, 0.29) is 0 Å². The molecule has 0 fully saturated rings. The van der Waals surface area contributed by atoms with Crippen molar-refractivity contribution in [3.63, 3.8) is 0 Å². The van der Waals surface area contributed by atoms with E-state index in [0.29, 0.717) is 13.2 Å². The van der Waals surface area contributed by atoms with E-state index in [1.165, 1.54) is 6.42 Å². The third-order valence-corrected chi connectivity index (χ3v) is 2.33. The molecule has 0 radical (unpaired) electrons. The Morgan fingerprint density at radius 1 is 1.00 bits per heavy atom. The van der Waals surface area contributed by atoms with Crippen LogP contribution in [0.15, 0.2) is 24.3 Å². The highest BCUT2D eigenvalue weighted by Gasteiger charge is 2.04. The van der Waals surface area contributed by atoms with E-state index < -0.39 is 0 Å². The Kier molecular flexibility index (Phi) is 6.23. The summed E-state index contributed by atoms with van der Waals surface area (Å²) in [5.41, 5.74) is 1.16. The normalized spacial score (nSPS) is 10.8. The van der Waals surface area contributed by atoms with Crippen LogP contribution < -0.4 is 9.47 Å². The highest BCUT2D eigenvalue weighted by molar-refractivity contribution is 5.55. The first-order chi connectivity index (χ1) is 8.31. The largest absolute Gasteiger partial charge is 0.490 e. The van der Waals surface area contributed by atoms with Crippen molar-refractivity contribution in [2.75, 3.05) is 13.2 Å². The van der Waals surface area contributed by atoms with Crippen LogP contribution in [0.4, 0.5) is 0 Å². The molecule has 0 unspecified atom stereocenters. The van der Waals surface area contributed by atoms with E-state index in [1.54, 1.807) is 0 Å². The summed E-state index contributed by atoms with van der Waals surface area (Å²) in [7, 11) is 0. The minimum atomic E-state index is 0.655. The van der Waals surface area contributed by atoms with Gasteiger partial charge in [0.25, 0.3) is 0 Å². The average molecular weight is 234 g/mol. The second-order valence-corrected chi connectivity index (χ2v) is 3.76. The molecule has 0 aliphatic rings. The van der Waals surface area contributed by atoms with Crippen LogP contribution in [0, 0.1) is 0 Å². The number of benzene rings is 1. The highest BCUT2D eigenvalue weighted by atomic mass is 16.5. The molecule has 0 aromatic heterocycles. The molecule has 1 aromatic carbocycles. The molecule has 0 heterocycles. The Bertz CT molecular complexity index is 356. The van der Waals surface area contributed by atoms with Gasteiger partial charge in [0.05, 0.1) is 13.2 Å². The zero-order chi connectivity index (χ0) is 12.5. The van der Waals surface area contributed by atoms with E-state index in [0.717, 1.165) is 23.5 Å². The van der Waals surface area contributed by atoms with Gasteiger partial charge in [0, 0.05) is 0 Å². The number of unbranched alkanes of at least 4 members (excludes halogenated alkanes) is 1. The molecule has 0 spiro atoms. The molecule has 0 atom stereocenters. The maximum Gasteiger partial charge on any atom is 0.161 e. The molecule has 2 nitrogen and oxygen atoms in total. The predicted molar refractivity (Wildman–Crippen MR) is 72.7 cm³/mol. The highest BCUT2D eigenvalue weighted by Crippen LogP contribution is 2.29. The van der Waals surface area contributed by atoms with Gasteiger partial charge in [0.2, 0.25) is 0 Å². The molecule has 17 heavy (non-hydrogen) atoms. The molecule has 2 heteroatoms. The Hall–Kier alpha value is -1.44. The Balaban J connectivity index is 2.84. The van der Waals surface area contributed by atoms with Crippen LogP contribution in [-0.2, 0) is 0 Å². The van der Waals surface area contributed by atoms with Gasteiger partial charge in [-0.25, -0.2) is 0 Å². The van der Waals surface area contributed by atoms with Gasteiger partial charge in [-0.15, -0.1) is 0 Å². The SMILES string of the molecule is CCC/C=C/c1ccc(OCC)c(OCC)c1. The Morgan fingerprint density at radius 2 is 1.71 bits per heavy atom. The zero-order valence-electron chi connectivity index (χ0n) is 11.0. The fraction of sp³-hybridized carbons (Fsp3) is 0.467. The molecule has 94 valence electrons. The first kappa shape index (κ1) is 13.6. The minimum absolute atomic E-state index is 0.655. The monoisotopic (exact) mass is 234 g/mol. The van der Waals surface area contributed by atoms with Crippen LogP contribution in [0.2, 0.25) is 0 Å². The summed E-state index contributed by atoms with van der Waals surface area (Å²) in [6.45, 7) is 7.45. The lowest BCUT2D eigenvalue weighted by Crippen LogP contribution is -1.98. The van der Waals surface area contributed by atoms with Crippen molar-refractivity contribution in [1.29, 1.82) is 0 Å². The van der Waals surface area contributed by atoms with Gasteiger partial charge >= 0.3 is 0 Å². The number of hydrogen-bond acceptors (Lipinski definition) is 2. The van der Waals surface area contributed by atoms with Gasteiger partial charge < -0.3 is 9.47 Å². The molecule has 0 amide bonds. The smallest absolute Gasteiger partial charge is 0.161 e. The number of rotatable bonds is 7. The second kappa shape index (κ2) is 7.77. The van der Waals surface area contributed by atoms with E-state index in [4.69, 9.17) is 9.47 Å². The van der Waals surface area contributed by atoms with Gasteiger partial charge in [0.15, 0.2) is 11.5 Å². The molecule has 1 aromatic rings. The van der Waals surface area contributed by atoms with Crippen LogP contribution in [0.1, 0.15) is 39.2 Å². The molecular formula is C15H22O2. The zero-order valence-corrected chi connectivity index (χ0v) is 11.0. The fourth-order valence-electron chi connectivity index (χ4n) is 1.56. The molecule has 0 bridgehead atoms. The summed E-state index contributed by atoms with van der Waals surface area (Å²) >= 11 is 0. The van der Waals surface area contributed by atoms with Crippen LogP contribution in [0.3, 0.4) is 0 Å². The van der Waals surface area contributed by atoms with Crippen molar-refractivity contribution in [2.45, 2.75) is 33.6 Å². The summed E-state index contributed by atoms with van der Waals surface area (Å²) in [4.78, 5) is 0.